The van der Waals surface area contributed by atoms with E-state index in [1.54, 1.807) is 13.2 Å². The topological polar surface area (TPSA) is 44.5 Å². The van der Waals surface area contributed by atoms with E-state index in [0.29, 0.717) is 6.61 Å². The molecule has 2 N–H and O–H groups in total. The molecule has 0 saturated heterocycles. The molecule has 94 valence electrons. The third-order valence-electron chi connectivity index (χ3n) is 3.46. The monoisotopic (exact) mass is 239 g/mol. The van der Waals surface area contributed by atoms with E-state index in [-0.39, 0.29) is 17.1 Å². The second kappa shape index (κ2) is 4.63. The first kappa shape index (κ1) is 12.3. The Morgan fingerprint density at radius 3 is 2.53 bits per heavy atom. The maximum absolute atomic E-state index is 13.7. The van der Waals surface area contributed by atoms with Crippen LogP contribution in [0.4, 0.5) is 4.39 Å². The van der Waals surface area contributed by atoms with Crippen molar-refractivity contribution in [2.24, 2.45) is 5.73 Å². The second-order valence-electron chi connectivity index (χ2n) is 4.59. The molecule has 3 nitrogen and oxygen atoms in total. The van der Waals surface area contributed by atoms with E-state index in [0.717, 1.165) is 30.4 Å². The Labute approximate surface area is 101 Å². The van der Waals surface area contributed by atoms with Gasteiger partial charge in [0, 0.05) is 12.6 Å². The molecule has 1 fully saturated rings. The van der Waals surface area contributed by atoms with Gasteiger partial charge in [0.15, 0.2) is 11.6 Å². The Morgan fingerprint density at radius 1 is 1.35 bits per heavy atom. The molecule has 0 heterocycles. The van der Waals surface area contributed by atoms with Crippen LogP contribution in [0.3, 0.4) is 0 Å². The van der Waals surface area contributed by atoms with Gasteiger partial charge in [0.2, 0.25) is 0 Å². The van der Waals surface area contributed by atoms with Crippen molar-refractivity contribution in [3.63, 3.8) is 0 Å². The highest BCUT2D eigenvalue weighted by Crippen LogP contribution is 2.41. The van der Waals surface area contributed by atoms with Crippen LogP contribution < -0.4 is 10.5 Å². The fourth-order valence-corrected chi connectivity index (χ4v) is 2.32. The lowest BCUT2D eigenvalue weighted by Crippen LogP contribution is -2.44. The van der Waals surface area contributed by atoms with Crippen molar-refractivity contribution in [1.29, 1.82) is 0 Å². The van der Waals surface area contributed by atoms with Crippen molar-refractivity contribution < 1.29 is 13.9 Å². The van der Waals surface area contributed by atoms with Crippen LogP contribution in [0.25, 0.3) is 0 Å². The molecule has 1 aromatic carbocycles. The van der Waals surface area contributed by atoms with Crippen LogP contribution in [0.5, 0.6) is 5.75 Å². The minimum absolute atomic E-state index is 0.240. The molecule has 0 bridgehead atoms. The zero-order chi connectivity index (χ0) is 12.5. The summed E-state index contributed by atoms with van der Waals surface area (Å²) >= 11 is 0. The zero-order valence-corrected chi connectivity index (χ0v) is 10.3. The highest BCUT2D eigenvalue weighted by Gasteiger charge is 2.36. The largest absolute Gasteiger partial charge is 0.494 e. The molecule has 1 aromatic rings. The van der Waals surface area contributed by atoms with Crippen LogP contribution >= 0.6 is 0 Å². The number of benzene rings is 1. The number of halogens is 1. The van der Waals surface area contributed by atoms with Gasteiger partial charge in [-0.3, -0.25) is 0 Å². The van der Waals surface area contributed by atoms with Gasteiger partial charge in [-0.05, 0) is 42.5 Å². The summed E-state index contributed by atoms with van der Waals surface area (Å²) in [5.41, 5.74) is 7.63. The SMILES string of the molecule is COCc1cc(OC)c(F)cc1C1(N)CCC1. The van der Waals surface area contributed by atoms with Gasteiger partial charge in [0.05, 0.1) is 13.7 Å². The second-order valence-corrected chi connectivity index (χ2v) is 4.59. The van der Waals surface area contributed by atoms with E-state index < -0.39 is 0 Å². The van der Waals surface area contributed by atoms with Crippen LogP contribution in [-0.2, 0) is 16.9 Å². The maximum atomic E-state index is 13.7. The Kier molecular flexibility index (Phi) is 3.35. The molecule has 0 aromatic heterocycles. The predicted octanol–water partition coefficient (Wildman–Crippen LogP) is 2.32. The fraction of sp³-hybridized carbons (Fsp3) is 0.538. The molecule has 0 aliphatic heterocycles. The molecular formula is C13H18FNO2. The standard InChI is InChI=1S/C13H18FNO2/c1-16-8-9-6-12(17-2)11(14)7-10(9)13(15)4-3-5-13/h6-7H,3-5,8,15H2,1-2H3. The summed E-state index contributed by atoms with van der Waals surface area (Å²) in [6, 6.07) is 3.17. The van der Waals surface area contributed by atoms with Gasteiger partial charge in [-0.15, -0.1) is 0 Å². The Morgan fingerprint density at radius 2 is 2.06 bits per heavy atom. The van der Waals surface area contributed by atoms with E-state index >= 15 is 0 Å². The first-order valence-corrected chi connectivity index (χ1v) is 5.75. The number of hydrogen-bond donors (Lipinski definition) is 1. The van der Waals surface area contributed by atoms with E-state index in [9.17, 15) is 4.39 Å². The van der Waals surface area contributed by atoms with Gasteiger partial charge >= 0.3 is 0 Å². The molecular weight excluding hydrogens is 221 g/mol. The molecule has 0 atom stereocenters. The van der Waals surface area contributed by atoms with Crippen molar-refractivity contribution in [1.82, 2.24) is 0 Å². The van der Waals surface area contributed by atoms with Crippen LogP contribution in [0, 0.1) is 5.82 Å². The molecule has 1 saturated carbocycles. The Balaban J connectivity index is 2.45. The van der Waals surface area contributed by atoms with Crippen LogP contribution in [0.2, 0.25) is 0 Å². The molecule has 4 heteroatoms. The molecule has 1 aliphatic carbocycles. The van der Waals surface area contributed by atoms with Gasteiger partial charge in [-0.1, -0.05) is 0 Å². The van der Waals surface area contributed by atoms with Gasteiger partial charge in [0.1, 0.15) is 0 Å². The van der Waals surface area contributed by atoms with E-state index in [1.165, 1.54) is 13.2 Å². The third-order valence-corrected chi connectivity index (χ3v) is 3.46. The Bertz CT molecular complexity index is 416. The number of hydrogen-bond acceptors (Lipinski definition) is 3. The van der Waals surface area contributed by atoms with E-state index in [2.05, 4.69) is 0 Å². The summed E-state index contributed by atoms with van der Waals surface area (Å²) in [6.07, 6.45) is 2.89. The van der Waals surface area contributed by atoms with E-state index in [4.69, 9.17) is 15.2 Å². The summed E-state index contributed by atoms with van der Waals surface area (Å²) in [7, 11) is 3.07. The van der Waals surface area contributed by atoms with Gasteiger partial charge < -0.3 is 15.2 Å². The predicted molar refractivity (Wildman–Crippen MR) is 63.4 cm³/mol. The maximum Gasteiger partial charge on any atom is 0.165 e. The molecule has 0 amide bonds. The fourth-order valence-electron chi connectivity index (χ4n) is 2.32. The molecule has 2 rings (SSSR count). The summed E-state index contributed by atoms with van der Waals surface area (Å²) in [5.74, 6) is -0.122. The molecule has 0 spiro atoms. The lowest BCUT2D eigenvalue weighted by atomic mass is 9.71. The summed E-state index contributed by atoms with van der Waals surface area (Å²) < 4.78 is 23.9. The first-order valence-electron chi connectivity index (χ1n) is 5.75. The smallest absolute Gasteiger partial charge is 0.165 e. The van der Waals surface area contributed by atoms with Crippen molar-refractivity contribution in [2.75, 3.05) is 14.2 Å². The van der Waals surface area contributed by atoms with Crippen molar-refractivity contribution >= 4 is 0 Å². The molecule has 0 radical (unpaired) electrons. The van der Waals surface area contributed by atoms with Crippen molar-refractivity contribution in [2.45, 2.75) is 31.4 Å². The summed E-state index contributed by atoms with van der Waals surface area (Å²) in [6.45, 7) is 0.422. The van der Waals surface area contributed by atoms with Crippen LogP contribution in [0.1, 0.15) is 30.4 Å². The van der Waals surface area contributed by atoms with E-state index in [1.807, 2.05) is 0 Å². The van der Waals surface area contributed by atoms with Gasteiger partial charge in [-0.2, -0.15) is 0 Å². The quantitative estimate of drug-likeness (QED) is 0.877. The van der Waals surface area contributed by atoms with Crippen molar-refractivity contribution in [3.05, 3.63) is 29.1 Å². The minimum atomic E-state index is -0.388. The highest BCUT2D eigenvalue weighted by molar-refractivity contribution is 5.41. The average molecular weight is 239 g/mol. The normalized spacial score (nSPS) is 17.6. The van der Waals surface area contributed by atoms with Gasteiger partial charge in [-0.25, -0.2) is 4.39 Å². The molecule has 17 heavy (non-hydrogen) atoms. The van der Waals surface area contributed by atoms with Crippen LogP contribution in [0.15, 0.2) is 12.1 Å². The molecule has 0 unspecified atom stereocenters. The molecule has 1 aliphatic rings. The number of nitrogens with two attached hydrogens (primary N) is 1. The van der Waals surface area contributed by atoms with Gasteiger partial charge in [0.25, 0.3) is 0 Å². The zero-order valence-electron chi connectivity index (χ0n) is 10.3. The summed E-state index contributed by atoms with van der Waals surface area (Å²) in [4.78, 5) is 0. The summed E-state index contributed by atoms with van der Waals surface area (Å²) in [5, 5.41) is 0. The lowest BCUT2D eigenvalue weighted by Gasteiger charge is -2.40. The third kappa shape index (κ3) is 2.15. The van der Waals surface area contributed by atoms with Crippen LogP contribution in [-0.4, -0.2) is 14.2 Å². The number of rotatable bonds is 4. The lowest BCUT2D eigenvalue weighted by molar-refractivity contribution is 0.177. The average Bonchev–Trinajstić information content (AvgIpc) is 2.28. The van der Waals surface area contributed by atoms with Crippen molar-refractivity contribution in [3.8, 4) is 5.75 Å². The number of methoxy groups -OCH3 is 2. The first-order chi connectivity index (χ1) is 8.10. The Hall–Kier alpha value is -1.13. The highest BCUT2D eigenvalue weighted by atomic mass is 19.1. The number of ether oxygens (including phenoxy) is 2. The minimum Gasteiger partial charge on any atom is -0.494 e.